The normalized spacial score (nSPS) is 20.9. The van der Waals surface area contributed by atoms with E-state index in [1.165, 1.54) is 4.31 Å². The molecule has 0 bridgehead atoms. The first-order chi connectivity index (χ1) is 13.3. The third-order valence-electron chi connectivity index (χ3n) is 4.72. The lowest BCUT2D eigenvalue weighted by Crippen LogP contribution is -2.49. The molecule has 0 radical (unpaired) electrons. The van der Waals surface area contributed by atoms with E-state index in [-0.39, 0.29) is 24.5 Å². The van der Waals surface area contributed by atoms with E-state index in [2.05, 4.69) is 20.3 Å². The second kappa shape index (κ2) is 8.50. The summed E-state index contributed by atoms with van der Waals surface area (Å²) >= 11 is 0. The number of anilines is 1. The van der Waals surface area contributed by atoms with Gasteiger partial charge in [-0.25, -0.2) is 18.4 Å². The highest BCUT2D eigenvalue weighted by Crippen LogP contribution is 2.20. The fraction of sp³-hybridized carbons (Fsp3) is 0.526. The van der Waals surface area contributed by atoms with E-state index in [1.54, 1.807) is 6.20 Å². The van der Waals surface area contributed by atoms with Crippen LogP contribution in [-0.2, 0) is 14.8 Å². The van der Waals surface area contributed by atoms with Gasteiger partial charge in [0.05, 0.1) is 18.0 Å². The van der Waals surface area contributed by atoms with Gasteiger partial charge in [-0.3, -0.25) is 4.98 Å². The zero-order chi connectivity index (χ0) is 20.3. The number of nitrogens with zero attached hydrogens (tertiary/aromatic N) is 4. The number of aromatic nitrogens is 3. The predicted octanol–water partition coefficient (Wildman–Crippen LogP) is 2.01. The molecule has 1 aliphatic heterocycles. The van der Waals surface area contributed by atoms with Gasteiger partial charge in [0.25, 0.3) is 0 Å². The molecule has 2 atom stereocenters. The number of rotatable bonds is 6. The molecule has 1 aliphatic rings. The summed E-state index contributed by atoms with van der Waals surface area (Å²) in [7, 11) is -3.37. The molecule has 1 fully saturated rings. The van der Waals surface area contributed by atoms with Crippen LogP contribution in [0.5, 0.6) is 0 Å². The summed E-state index contributed by atoms with van der Waals surface area (Å²) in [4.78, 5) is 13.3. The molecule has 2 aromatic rings. The van der Waals surface area contributed by atoms with Crippen LogP contribution in [-0.4, -0.2) is 65.3 Å². The van der Waals surface area contributed by atoms with Gasteiger partial charge in [-0.2, -0.15) is 4.31 Å². The maximum Gasteiger partial charge on any atom is 0.216 e. The SMILES string of the molecule is Cc1nc(-c2ccccn2)nc(NCCS(=O)(=O)N2CC(C)OC(C)C2)c1C. The monoisotopic (exact) mass is 405 g/mol. The van der Waals surface area contributed by atoms with Crippen LogP contribution in [0.25, 0.3) is 11.5 Å². The molecule has 1 N–H and O–H groups in total. The fourth-order valence-electron chi connectivity index (χ4n) is 3.20. The van der Waals surface area contributed by atoms with Crippen molar-refractivity contribution in [3.05, 3.63) is 35.7 Å². The van der Waals surface area contributed by atoms with Crippen molar-refractivity contribution < 1.29 is 13.2 Å². The van der Waals surface area contributed by atoms with E-state index in [4.69, 9.17) is 4.74 Å². The standard InChI is InChI=1S/C19H27N5O3S/c1-13-11-24(12-14(2)27-13)28(25,26)10-9-21-18-15(3)16(4)22-19(23-18)17-7-5-6-8-20-17/h5-8,13-14H,9-12H2,1-4H3,(H,21,22,23). The zero-order valence-corrected chi connectivity index (χ0v) is 17.5. The van der Waals surface area contributed by atoms with Gasteiger partial charge in [0.15, 0.2) is 5.82 Å². The minimum absolute atomic E-state index is 0.00610. The van der Waals surface area contributed by atoms with Crippen LogP contribution in [0.15, 0.2) is 24.4 Å². The van der Waals surface area contributed by atoms with E-state index in [9.17, 15) is 8.42 Å². The fourth-order valence-corrected chi connectivity index (χ4v) is 4.69. The Bertz CT molecular complexity index is 911. The second-order valence-corrected chi connectivity index (χ2v) is 9.23. The second-order valence-electron chi connectivity index (χ2n) is 7.14. The Kier molecular flexibility index (Phi) is 6.26. The summed E-state index contributed by atoms with van der Waals surface area (Å²) in [6.07, 6.45) is 1.50. The maximum absolute atomic E-state index is 12.7. The number of nitrogens with one attached hydrogen (secondary N) is 1. The number of hydrogen-bond acceptors (Lipinski definition) is 7. The van der Waals surface area contributed by atoms with Crippen molar-refractivity contribution in [3.63, 3.8) is 0 Å². The Morgan fingerprint density at radius 1 is 1.18 bits per heavy atom. The Balaban J connectivity index is 1.70. The van der Waals surface area contributed by atoms with Gasteiger partial charge < -0.3 is 10.1 Å². The molecular weight excluding hydrogens is 378 g/mol. The Hall–Kier alpha value is -2.10. The molecule has 8 nitrogen and oxygen atoms in total. The molecule has 1 saturated heterocycles. The van der Waals surface area contributed by atoms with Crippen LogP contribution in [0.3, 0.4) is 0 Å². The summed E-state index contributed by atoms with van der Waals surface area (Å²) in [5.74, 6) is 1.14. The highest BCUT2D eigenvalue weighted by Gasteiger charge is 2.30. The molecule has 152 valence electrons. The summed E-state index contributed by atoms with van der Waals surface area (Å²) in [5, 5.41) is 3.17. The van der Waals surface area contributed by atoms with Crippen molar-refractivity contribution in [3.8, 4) is 11.5 Å². The van der Waals surface area contributed by atoms with Gasteiger partial charge in [-0.15, -0.1) is 0 Å². The van der Waals surface area contributed by atoms with Crippen molar-refractivity contribution in [1.82, 2.24) is 19.3 Å². The Morgan fingerprint density at radius 3 is 2.54 bits per heavy atom. The smallest absolute Gasteiger partial charge is 0.216 e. The molecule has 0 amide bonds. The van der Waals surface area contributed by atoms with E-state index < -0.39 is 10.0 Å². The van der Waals surface area contributed by atoms with Crippen molar-refractivity contribution in [2.45, 2.75) is 39.9 Å². The third-order valence-corrected chi connectivity index (χ3v) is 6.52. The van der Waals surface area contributed by atoms with Crippen LogP contribution in [0, 0.1) is 13.8 Å². The van der Waals surface area contributed by atoms with Gasteiger partial charge in [0.1, 0.15) is 11.5 Å². The Morgan fingerprint density at radius 2 is 1.89 bits per heavy atom. The summed E-state index contributed by atoms with van der Waals surface area (Å²) in [6, 6.07) is 5.56. The third kappa shape index (κ3) is 4.84. The minimum atomic E-state index is -3.37. The first-order valence-corrected chi connectivity index (χ1v) is 11.0. The molecular formula is C19H27N5O3S. The average Bonchev–Trinajstić information content (AvgIpc) is 2.65. The lowest BCUT2D eigenvalue weighted by atomic mass is 10.2. The first-order valence-electron chi connectivity index (χ1n) is 9.40. The van der Waals surface area contributed by atoms with E-state index in [0.29, 0.717) is 30.4 Å². The van der Waals surface area contributed by atoms with Crippen molar-refractivity contribution >= 4 is 15.8 Å². The Labute approximate surface area is 166 Å². The summed E-state index contributed by atoms with van der Waals surface area (Å²) in [5.41, 5.74) is 2.40. The maximum atomic E-state index is 12.7. The molecule has 3 heterocycles. The number of pyridine rings is 1. The van der Waals surface area contributed by atoms with Gasteiger partial charge in [-0.1, -0.05) is 6.07 Å². The lowest BCUT2D eigenvalue weighted by Gasteiger charge is -2.34. The predicted molar refractivity (Wildman–Crippen MR) is 109 cm³/mol. The van der Waals surface area contributed by atoms with Crippen molar-refractivity contribution in [2.75, 3.05) is 30.7 Å². The van der Waals surface area contributed by atoms with E-state index >= 15 is 0 Å². The van der Waals surface area contributed by atoms with Crippen LogP contribution in [0.4, 0.5) is 5.82 Å². The van der Waals surface area contributed by atoms with Gasteiger partial charge in [0, 0.05) is 37.1 Å². The molecule has 0 aliphatic carbocycles. The summed E-state index contributed by atoms with van der Waals surface area (Å²) < 4.78 is 32.5. The number of aryl methyl sites for hydroxylation is 1. The number of ether oxygens (including phenoxy) is 1. The molecule has 0 spiro atoms. The largest absolute Gasteiger partial charge is 0.373 e. The topological polar surface area (TPSA) is 97.3 Å². The number of hydrogen-bond donors (Lipinski definition) is 1. The molecule has 2 aromatic heterocycles. The molecule has 0 saturated carbocycles. The van der Waals surface area contributed by atoms with Gasteiger partial charge >= 0.3 is 0 Å². The first kappa shape index (κ1) is 20.6. The minimum Gasteiger partial charge on any atom is -0.373 e. The van der Waals surface area contributed by atoms with Crippen LogP contribution < -0.4 is 5.32 Å². The molecule has 28 heavy (non-hydrogen) atoms. The molecule has 3 rings (SSSR count). The average molecular weight is 406 g/mol. The van der Waals surface area contributed by atoms with E-state index in [1.807, 2.05) is 45.9 Å². The van der Waals surface area contributed by atoms with Gasteiger partial charge in [-0.05, 0) is 39.8 Å². The molecule has 0 aromatic carbocycles. The zero-order valence-electron chi connectivity index (χ0n) is 16.7. The number of morpholine rings is 1. The highest BCUT2D eigenvalue weighted by molar-refractivity contribution is 7.89. The number of sulfonamides is 1. The molecule has 2 unspecified atom stereocenters. The van der Waals surface area contributed by atoms with Crippen LogP contribution in [0.1, 0.15) is 25.1 Å². The highest BCUT2D eigenvalue weighted by atomic mass is 32.2. The van der Waals surface area contributed by atoms with Crippen LogP contribution >= 0.6 is 0 Å². The van der Waals surface area contributed by atoms with Gasteiger partial charge in [0.2, 0.25) is 10.0 Å². The van der Waals surface area contributed by atoms with Crippen molar-refractivity contribution in [2.24, 2.45) is 0 Å². The van der Waals surface area contributed by atoms with Crippen molar-refractivity contribution in [1.29, 1.82) is 0 Å². The van der Waals surface area contributed by atoms with E-state index in [0.717, 1.165) is 11.3 Å². The quantitative estimate of drug-likeness (QED) is 0.785. The molecule has 9 heteroatoms. The lowest BCUT2D eigenvalue weighted by molar-refractivity contribution is -0.0440. The summed E-state index contributed by atoms with van der Waals surface area (Å²) in [6.45, 7) is 8.65. The van der Waals surface area contributed by atoms with Crippen LogP contribution in [0.2, 0.25) is 0 Å².